The maximum absolute atomic E-state index is 13.1. The summed E-state index contributed by atoms with van der Waals surface area (Å²) < 4.78 is 54.7. The van der Waals surface area contributed by atoms with Crippen LogP contribution in [-0.4, -0.2) is 48.1 Å². The summed E-state index contributed by atoms with van der Waals surface area (Å²) in [5, 5.41) is 0. The van der Waals surface area contributed by atoms with Crippen LogP contribution in [0.3, 0.4) is 0 Å². The molecule has 10 heteroatoms. The van der Waals surface area contributed by atoms with Gasteiger partial charge in [-0.1, -0.05) is 18.2 Å². The van der Waals surface area contributed by atoms with Crippen LogP contribution in [0.5, 0.6) is 5.75 Å². The zero-order chi connectivity index (χ0) is 26.2. The van der Waals surface area contributed by atoms with Crippen molar-refractivity contribution in [3.63, 3.8) is 0 Å². The highest BCUT2D eigenvalue weighted by Gasteiger charge is 2.31. The number of carbonyl (C=O) groups excluding carboxylic acids is 3. The second-order valence-corrected chi connectivity index (χ2v) is 8.56. The van der Waals surface area contributed by atoms with E-state index in [1.807, 2.05) is 0 Å². The van der Waals surface area contributed by atoms with Gasteiger partial charge in [0.2, 0.25) is 0 Å². The van der Waals surface area contributed by atoms with Gasteiger partial charge in [0.1, 0.15) is 17.9 Å². The van der Waals surface area contributed by atoms with E-state index < -0.39 is 41.7 Å². The van der Waals surface area contributed by atoms with Gasteiger partial charge < -0.3 is 19.1 Å². The Morgan fingerprint density at radius 2 is 1.60 bits per heavy atom. The van der Waals surface area contributed by atoms with E-state index in [2.05, 4.69) is 0 Å². The summed E-state index contributed by atoms with van der Waals surface area (Å²) >= 11 is 0. The SMILES string of the molecule is CCOC(=O)CN(Cc1ccc(OCC(=O)OC(C)(C)C)cc1)C(=O)c1cccc(C(F)(F)F)c1. The topological polar surface area (TPSA) is 82.1 Å². The van der Waals surface area contributed by atoms with Gasteiger partial charge in [-0.05, 0) is 63.6 Å². The summed E-state index contributed by atoms with van der Waals surface area (Å²) in [5.74, 6) is -1.60. The predicted octanol–water partition coefficient (Wildman–Crippen LogP) is 4.63. The average Bonchev–Trinajstić information content (AvgIpc) is 2.76. The van der Waals surface area contributed by atoms with Crippen LogP contribution >= 0.6 is 0 Å². The molecule has 0 aliphatic rings. The van der Waals surface area contributed by atoms with E-state index in [1.54, 1.807) is 52.0 Å². The van der Waals surface area contributed by atoms with Gasteiger partial charge in [-0.15, -0.1) is 0 Å². The molecular weight excluding hydrogens is 467 g/mol. The number of halogens is 3. The van der Waals surface area contributed by atoms with Crippen molar-refractivity contribution >= 4 is 17.8 Å². The van der Waals surface area contributed by atoms with Crippen molar-refractivity contribution in [1.82, 2.24) is 4.90 Å². The lowest BCUT2D eigenvalue weighted by Crippen LogP contribution is -2.36. The largest absolute Gasteiger partial charge is 0.482 e. The number of ether oxygens (including phenoxy) is 3. The summed E-state index contributed by atoms with van der Waals surface area (Å²) in [6.45, 7) is 6.11. The molecular formula is C25H28F3NO6. The molecule has 0 saturated carbocycles. The van der Waals surface area contributed by atoms with E-state index in [-0.39, 0.29) is 25.3 Å². The van der Waals surface area contributed by atoms with Crippen LogP contribution in [0.1, 0.15) is 49.2 Å². The molecule has 0 radical (unpaired) electrons. The smallest absolute Gasteiger partial charge is 0.416 e. The maximum atomic E-state index is 13.1. The molecule has 0 aliphatic carbocycles. The predicted molar refractivity (Wildman–Crippen MR) is 121 cm³/mol. The molecule has 2 aromatic carbocycles. The fourth-order valence-electron chi connectivity index (χ4n) is 3.00. The second kappa shape index (κ2) is 11.7. The van der Waals surface area contributed by atoms with Gasteiger partial charge in [0.05, 0.1) is 12.2 Å². The third-order valence-corrected chi connectivity index (χ3v) is 4.42. The van der Waals surface area contributed by atoms with Crippen LogP contribution in [0.25, 0.3) is 0 Å². The quantitative estimate of drug-likeness (QED) is 0.472. The molecule has 2 aromatic rings. The first kappa shape index (κ1) is 27.7. The van der Waals surface area contributed by atoms with Gasteiger partial charge in [0.15, 0.2) is 6.61 Å². The molecule has 35 heavy (non-hydrogen) atoms. The van der Waals surface area contributed by atoms with E-state index in [1.165, 1.54) is 6.07 Å². The molecule has 0 atom stereocenters. The Morgan fingerprint density at radius 1 is 0.943 bits per heavy atom. The van der Waals surface area contributed by atoms with Crippen LogP contribution in [0.4, 0.5) is 13.2 Å². The number of carbonyl (C=O) groups is 3. The lowest BCUT2D eigenvalue weighted by atomic mass is 10.1. The molecule has 0 aromatic heterocycles. The highest BCUT2D eigenvalue weighted by Crippen LogP contribution is 2.30. The van der Waals surface area contributed by atoms with Crippen LogP contribution in [0.2, 0.25) is 0 Å². The van der Waals surface area contributed by atoms with Gasteiger partial charge in [-0.2, -0.15) is 13.2 Å². The fourth-order valence-corrected chi connectivity index (χ4v) is 3.00. The van der Waals surface area contributed by atoms with Crippen molar-refractivity contribution in [1.29, 1.82) is 0 Å². The van der Waals surface area contributed by atoms with Gasteiger partial charge in [-0.25, -0.2) is 4.79 Å². The maximum Gasteiger partial charge on any atom is 0.416 e. The van der Waals surface area contributed by atoms with Gasteiger partial charge in [0, 0.05) is 12.1 Å². The van der Waals surface area contributed by atoms with Crippen molar-refractivity contribution in [3.8, 4) is 5.75 Å². The molecule has 0 aliphatic heterocycles. The van der Waals surface area contributed by atoms with Crippen molar-refractivity contribution in [2.75, 3.05) is 19.8 Å². The second-order valence-electron chi connectivity index (χ2n) is 8.56. The number of benzene rings is 2. The lowest BCUT2D eigenvalue weighted by Gasteiger charge is -2.22. The molecule has 1 amide bonds. The van der Waals surface area contributed by atoms with Gasteiger partial charge >= 0.3 is 18.1 Å². The Labute approximate surface area is 201 Å². The van der Waals surface area contributed by atoms with Crippen molar-refractivity contribution in [2.24, 2.45) is 0 Å². The number of hydrogen-bond acceptors (Lipinski definition) is 6. The van der Waals surface area contributed by atoms with Crippen LogP contribution < -0.4 is 4.74 Å². The first-order valence-corrected chi connectivity index (χ1v) is 10.8. The molecule has 0 spiro atoms. The number of alkyl halides is 3. The highest BCUT2D eigenvalue weighted by atomic mass is 19.4. The normalized spacial score (nSPS) is 11.5. The Kier molecular flexibility index (Phi) is 9.27. The van der Waals surface area contributed by atoms with E-state index in [0.717, 1.165) is 23.1 Å². The third-order valence-electron chi connectivity index (χ3n) is 4.42. The average molecular weight is 495 g/mol. The van der Waals surface area contributed by atoms with E-state index in [0.29, 0.717) is 11.3 Å². The zero-order valence-corrected chi connectivity index (χ0v) is 20.0. The Bertz CT molecular complexity index is 1030. The number of rotatable bonds is 9. The Morgan fingerprint density at radius 3 is 2.17 bits per heavy atom. The van der Waals surface area contributed by atoms with Crippen LogP contribution in [0, 0.1) is 0 Å². The van der Waals surface area contributed by atoms with E-state index >= 15 is 0 Å². The summed E-state index contributed by atoms with van der Waals surface area (Å²) in [4.78, 5) is 37.9. The molecule has 190 valence electrons. The van der Waals surface area contributed by atoms with E-state index in [9.17, 15) is 27.6 Å². The summed E-state index contributed by atoms with van der Waals surface area (Å²) in [5.41, 5.74) is -1.23. The van der Waals surface area contributed by atoms with Crippen molar-refractivity contribution in [3.05, 3.63) is 65.2 Å². The molecule has 0 bridgehead atoms. The summed E-state index contributed by atoms with van der Waals surface area (Å²) in [6.07, 6.45) is -4.61. The standard InChI is InChI=1S/C25H28F3NO6/c1-5-33-21(30)15-29(23(32)18-7-6-8-19(13-18)25(26,27)28)14-17-9-11-20(12-10-17)34-16-22(31)35-24(2,3)4/h6-13H,5,14-16H2,1-4H3. The van der Waals surface area contributed by atoms with E-state index in [4.69, 9.17) is 14.2 Å². The minimum atomic E-state index is -4.61. The Hall–Kier alpha value is -3.56. The molecule has 0 saturated heterocycles. The molecule has 2 rings (SSSR count). The molecule has 0 heterocycles. The van der Waals surface area contributed by atoms with Crippen LogP contribution in [-0.2, 0) is 31.8 Å². The Balaban J connectivity index is 2.15. The zero-order valence-electron chi connectivity index (χ0n) is 20.0. The lowest BCUT2D eigenvalue weighted by molar-refractivity contribution is -0.157. The van der Waals surface area contributed by atoms with Crippen LogP contribution in [0.15, 0.2) is 48.5 Å². The van der Waals surface area contributed by atoms with Gasteiger partial charge in [-0.3, -0.25) is 9.59 Å². The number of nitrogens with zero attached hydrogens (tertiary/aromatic N) is 1. The number of amides is 1. The van der Waals surface area contributed by atoms with Gasteiger partial charge in [0.25, 0.3) is 5.91 Å². The first-order valence-electron chi connectivity index (χ1n) is 10.8. The molecule has 7 nitrogen and oxygen atoms in total. The molecule has 0 unspecified atom stereocenters. The number of hydrogen-bond donors (Lipinski definition) is 0. The molecule has 0 fully saturated rings. The number of esters is 2. The minimum absolute atomic E-state index is 0.0692. The monoisotopic (exact) mass is 495 g/mol. The minimum Gasteiger partial charge on any atom is -0.482 e. The first-order chi connectivity index (χ1) is 16.3. The fraction of sp³-hybridized carbons (Fsp3) is 0.400. The molecule has 0 N–H and O–H groups in total. The summed E-state index contributed by atoms with van der Waals surface area (Å²) in [6, 6.07) is 10.4. The highest BCUT2D eigenvalue weighted by molar-refractivity contribution is 5.96. The summed E-state index contributed by atoms with van der Waals surface area (Å²) in [7, 11) is 0. The van der Waals surface area contributed by atoms with Crippen molar-refractivity contribution in [2.45, 2.75) is 46.0 Å². The van der Waals surface area contributed by atoms with Crippen molar-refractivity contribution < 1.29 is 41.8 Å². The third kappa shape index (κ3) is 9.30.